The fourth-order valence-electron chi connectivity index (χ4n) is 2.96. The van der Waals surface area contributed by atoms with Crippen LogP contribution in [0.2, 0.25) is 0 Å². The van der Waals surface area contributed by atoms with Crippen molar-refractivity contribution in [3.05, 3.63) is 71.8 Å². The summed E-state index contributed by atoms with van der Waals surface area (Å²) in [4.78, 5) is 37.9. The number of nitrogens with zero attached hydrogens (tertiary/aromatic N) is 1. The Balaban J connectivity index is 1.97. The van der Waals surface area contributed by atoms with Crippen LogP contribution in [0.25, 0.3) is 0 Å². The monoisotopic (exact) mass is 391 g/mol. The van der Waals surface area contributed by atoms with E-state index < -0.39 is 35.7 Å². The predicted octanol–water partition coefficient (Wildman–Crippen LogP) is 2.99. The summed E-state index contributed by atoms with van der Waals surface area (Å²) >= 11 is 0. The van der Waals surface area contributed by atoms with Gasteiger partial charge in [0, 0.05) is 5.56 Å². The topological polar surface area (TPSA) is 78.5 Å². The third-order valence-electron chi connectivity index (χ3n) is 4.48. The lowest BCUT2D eigenvalue weighted by atomic mass is 10.0. The average Bonchev–Trinajstić information content (AvgIpc) is 2.93. The van der Waals surface area contributed by atoms with E-state index >= 15 is 0 Å². The second-order valence-electron chi connectivity index (χ2n) is 6.26. The summed E-state index contributed by atoms with van der Waals surface area (Å²) in [7, 11) is 0. The molecule has 6 nitrogen and oxygen atoms in total. The van der Waals surface area contributed by atoms with Crippen molar-refractivity contribution in [2.45, 2.75) is 24.8 Å². The molecule has 0 radical (unpaired) electrons. The minimum Gasteiger partial charge on any atom is -0.314 e. The standard InChI is InChI=1S/C19H16F3N3O3/c1-12(13-8-4-2-5-9-13)25-16(27)18(19(20,21)22,24-17(25)28)23-15(26)14-10-6-3-7-11-14/h2-12H,1H3,(H,23,26)(H,24,28)/t12-,18-/m0/s1. The molecule has 2 aromatic carbocycles. The molecular weight excluding hydrogens is 375 g/mol. The second-order valence-corrected chi connectivity index (χ2v) is 6.26. The van der Waals surface area contributed by atoms with Crippen molar-refractivity contribution in [3.63, 3.8) is 0 Å². The Kier molecular flexibility index (Phi) is 4.84. The molecule has 0 unspecified atom stereocenters. The van der Waals surface area contributed by atoms with Crippen molar-refractivity contribution in [1.82, 2.24) is 15.5 Å². The second kappa shape index (κ2) is 6.99. The summed E-state index contributed by atoms with van der Waals surface area (Å²) < 4.78 is 41.6. The van der Waals surface area contributed by atoms with Crippen molar-refractivity contribution in [2.24, 2.45) is 0 Å². The van der Waals surface area contributed by atoms with Crippen molar-refractivity contribution in [1.29, 1.82) is 0 Å². The van der Waals surface area contributed by atoms with Gasteiger partial charge in [0.25, 0.3) is 17.5 Å². The van der Waals surface area contributed by atoms with Crippen LogP contribution in [0.3, 0.4) is 0 Å². The summed E-state index contributed by atoms with van der Waals surface area (Å²) in [5, 5.41) is 3.32. The van der Waals surface area contributed by atoms with Gasteiger partial charge in [0.2, 0.25) is 0 Å². The van der Waals surface area contributed by atoms with E-state index in [9.17, 15) is 27.6 Å². The van der Waals surface area contributed by atoms with Gasteiger partial charge in [0.05, 0.1) is 6.04 Å². The van der Waals surface area contributed by atoms with E-state index in [1.165, 1.54) is 31.2 Å². The van der Waals surface area contributed by atoms with Crippen molar-refractivity contribution in [2.75, 3.05) is 0 Å². The third-order valence-corrected chi connectivity index (χ3v) is 4.48. The number of alkyl halides is 3. The van der Waals surface area contributed by atoms with E-state index in [1.54, 1.807) is 47.0 Å². The molecule has 28 heavy (non-hydrogen) atoms. The zero-order valence-corrected chi connectivity index (χ0v) is 14.7. The number of urea groups is 1. The van der Waals surface area contributed by atoms with Crippen LogP contribution >= 0.6 is 0 Å². The molecule has 146 valence electrons. The Bertz CT molecular complexity index is 903. The number of rotatable bonds is 4. The minimum absolute atomic E-state index is 0.0808. The molecular formula is C19H16F3N3O3. The molecule has 1 saturated heterocycles. The predicted molar refractivity (Wildman–Crippen MR) is 92.9 cm³/mol. The van der Waals surface area contributed by atoms with Gasteiger partial charge >= 0.3 is 12.2 Å². The van der Waals surface area contributed by atoms with Crippen molar-refractivity contribution >= 4 is 17.8 Å². The van der Waals surface area contributed by atoms with Crippen LogP contribution in [0.5, 0.6) is 0 Å². The Labute approximate surface area is 158 Å². The van der Waals surface area contributed by atoms with Crippen LogP contribution in [0.1, 0.15) is 28.9 Å². The first-order valence-corrected chi connectivity index (χ1v) is 8.32. The Morgan fingerprint density at radius 2 is 1.57 bits per heavy atom. The van der Waals surface area contributed by atoms with Gasteiger partial charge in [-0.05, 0) is 24.6 Å². The fraction of sp³-hybridized carbons (Fsp3) is 0.211. The van der Waals surface area contributed by atoms with Crippen LogP contribution in [-0.2, 0) is 4.79 Å². The summed E-state index contributed by atoms with van der Waals surface area (Å²) in [6.45, 7) is 1.43. The lowest BCUT2D eigenvalue weighted by Crippen LogP contribution is -2.69. The summed E-state index contributed by atoms with van der Waals surface area (Å²) in [5.74, 6) is -2.73. The van der Waals surface area contributed by atoms with E-state index in [1.807, 2.05) is 0 Å². The maximum atomic E-state index is 13.9. The number of imide groups is 1. The van der Waals surface area contributed by atoms with Crippen molar-refractivity contribution < 1.29 is 27.6 Å². The number of amides is 4. The van der Waals surface area contributed by atoms with E-state index in [0.717, 1.165) is 0 Å². The molecule has 1 aliphatic heterocycles. The number of halogens is 3. The molecule has 1 fully saturated rings. The molecule has 3 rings (SSSR count). The Morgan fingerprint density at radius 3 is 2.11 bits per heavy atom. The maximum absolute atomic E-state index is 13.9. The van der Waals surface area contributed by atoms with Crippen LogP contribution < -0.4 is 10.6 Å². The van der Waals surface area contributed by atoms with Gasteiger partial charge in [-0.15, -0.1) is 0 Å². The molecule has 4 amide bonds. The molecule has 2 aromatic rings. The quantitative estimate of drug-likeness (QED) is 0.787. The third kappa shape index (κ3) is 3.19. The summed E-state index contributed by atoms with van der Waals surface area (Å²) in [6, 6.07) is 13.0. The van der Waals surface area contributed by atoms with Crippen molar-refractivity contribution in [3.8, 4) is 0 Å². The number of hydrogen-bond donors (Lipinski definition) is 2. The number of benzene rings is 2. The molecule has 2 atom stereocenters. The molecule has 0 aromatic heterocycles. The van der Waals surface area contributed by atoms with E-state index in [0.29, 0.717) is 10.5 Å². The largest absolute Gasteiger partial charge is 0.440 e. The zero-order valence-electron chi connectivity index (χ0n) is 14.7. The highest BCUT2D eigenvalue weighted by atomic mass is 19.4. The number of nitrogens with one attached hydrogen (secondary N) is 2. The van der Waals surface area contributed by atoms with Crippen LogP contribution in [-0.4, -0.2) is 34.6 Å². The molecule has 0 bridgehead atoms. The maximum Gasteiger partial charge on any atom is 0.440 e. The lowest BCUT2D eigenvalue weighted by Gasteiger charge is -2.30. The lowest BCUT2D eigenvalue weighted by molar-refractivity contribution is -0.200. The smallest absolute Gasteiger partial charge is 0.314 e. The van der Waals surface area contributed by atoms with Crippen LogP contribution in [0, 0.1) is 0 Å². The van der Waals surface area contributed by atoms with Gasteiger partial charge in [-0.25, -0.2) is 4.79 Å². The van der Waals surface area contributed by atoms with Gasteiger partial charge < -0.3 is 5.32 Å². The minimum atomic E-state index is -5.25. The molecule has 1 heterocycles. The highest BCUT2D eigenvalue weighted by molar-refractivity contribution is 6.10. The number of carbonyl (C=O) groups excluding carboxylic acids is 3. The first kappa shape index (κ1) is 19.4. The molecule has 1 aliphatic rings. The van der Waals surface area contributed by atoms with Crippen LogP contribution in [0.4, 0.5) is 18.0 Å². The zero-order chi connectivity index (χ0) is 20.5. The fourth-order valence-corrected chi connectivity index (χ4v) is 2.96. The average molecular weight is 391 g/mol. The first-order valence-electron chi connectivity index (χ1n) is 8.32. The molecule has 0 spiro atoms. The summed E-state index contributed by atoms with van der Waals surface area (Å²) in [5.41, 5.74) is -3.15. The Morgan fingerprint density at radius 1 is 1.04 bits per heavy atom. The highest BCUT2D eigenvalue weighted by Gasteiger charge is 2.69. The van der Waals surface area contributed by atoms with Gasteiger partial charge in [-0.1, -0.05) is 48.5 Å². The molecule has 2 N–H and O–H groups in total. The van der Waals surface area contributed by atoms with Gasteiger partial charge in [0.1, 0.15) is 0 Å². The van der Waals surface area contributed by atoms with E-state index in [2.05, 4.69) is 0 Å². The summed E-state index contributed by atoms with van der Waals surface area (Å²) in [6.07, 6.45) is -5.25. The highest BCUT2D eigenvalue weighted by Crippen LogP contribution is 2.37. The van der Waals surface area contributed by atoms with E-state index in [-0.39, 0.29) is 5.56 Å². The molecule has 0 saturated carbocycles. The number of carbonyl (C=O) groups is 3. The van der Waals surface area contributed by atoms with Crippen LogP contribution in [0.15, 0.2) is 60.7 Å². The first-order chi connectivity index (χ1) is 13.2. The van der Waals surface area contributed by atoms with Gasteiger partial charge in [-0.2, -0.15) is 13.2 Å². The SMILES string of the molecule is C[C@@H](c1ccccc1)N1C(=O)N[C@](NC(=O)c2ccccc2)(C(F)(F)F)C1=O. The normalized spacial score (nSPS) is 20.6. The van der Waals surface area contributed by atoms with Gasteiger partial charge in [-0.3, -0.25) is 19.8 Å². The van der Waals surface area contributed by atoms with Gasteiger partial charge in [0.15, 0.2) is 0 Å². The Hall–Kier alpha value is -3.36. The number of hydrogen-bond acceptors (Lipinski definition) is 3. The molecule has 9 heteroatoms. The molecule has 0 aliphatic carbocycles. The van der Waals surface area contributed by atoms with E-state index in [4.69, 9.17) is 0 Å².